The van der Waals surface area contributed by atoms with Gasteiger partial charge < -0.3 is 4.98 Å². The van der Waals surface area contributed by atoms with Gasteiger partial charge in [0.2, 0.25) is 0 Å². The molecular weight excluding hydrogens is 248 g/mol. The number of benzene rings is 2. The van der Waals surface area contributed by atoms with Crippen molar-refractivity contribution in [1.82, 2.24) is 9.97 Å². The summed E-state index contributed by atoms with van der Waals surface area (Å²) in [5.41, 5.74) is 2.41. The summed E-state index contributed by atoms with van der Waals surface area (Å²) in [6, 6.07) is 9.35. The molecule has 94 valence electrons. The van der Waals surface area contributed by atoms with Gasteiger partial charge in [-0.05, 0) is 24.3 Å². The summed E-state index contributed by atoms with van der Waals surface area (Å²) in [5.74, 6) is -1.78. The maximum absolute atomic E-state index is 13.4. The van der Waals surface area contributed by atoms with Crippen LogP contribution in [0.25, 0.3) is 11.0 Å². The van der Waals surface area contributed by atoms with Crippen LogP contribution in [-0.2, 0) is 0 Å². The average molecular weight is 257 g/mol. The van der Waals surface area contributed by atoms with Gasteiger partial charge in [-0.1, -0.05) is 12.1 Å². The minimum Gasteiger partial charge on any atom is -0.345 e. The number of H-pyrrole nitrogens is 1. The van der Waals surface area contributed by atoms with E-state index in [1.54, 1.807) is 18.5 Å². The van der Waals surface area contributed by atoms with E-state index in [2.05, 4.69) is 15.0 Å². The van der Waals surface area contributed by atoms with E-state index in [4.69, 9.17) is 0 Å². The third kappa shape index (κ3) is 2.22. The lowest BCUT2D eigenvalue weighted by Gasteiger charge is -1.97. The lowest BCUT2D eigenvalue weighted by molar-refractivity contribution is 0.507. The molecule has 19 heavy (non-hydrogen) atoms. The quantitative estimate of drug-likeness (QED) is 0.700. The molecule has 1 N–H and O–H groups in total. The molecule has 0 unspecified atom stereocenters. The molecule has 0 aliphatic heterocycles. The van der Waals surface area contributed by atoms with Gasteiger partial charge in [-0.3, -0.25) is 4.99 Å². The summed E-state index contributed by atoms with van der Waals surface area (Å²) in [5, 5.41) is 0. The molecule has 5 heteroatoms. The van der Waals surface area contributed by atoms with Crippen molar-refractivity contribution in [3.63, 3.8) is 0 Å². The minimum absolute atomic E-state index is 0.113. The van der Waals surface area contributed by atoms with Crippen LogP contribution in [0, 0.1) is 11.6 Å². The van der Waals surface area contributed by atoms with Crippen LogP contribution in [0.15, 0.2) is 47.7 Å². The number of halogens is 2. The zero-order valence-corrected chi connectivity index (χ0v) is 9.77. The normalized spacial score (nSPS) is 11.5. The molecule has 2 aromatic carbocycles. The van der Waals surface area contributed by atoms with Gasteiger partial charge in [-0.15, -0.1) is 0 Å². The van der Waals surface area contributed by atoms with Crippen molar-refractivity contribution in [2.45, 2.75) is 0 Å². The summed E-state index contributed by atoms with van der Waals surface area (Å²) in [7, 11) is 0. The van der Waals surface area contributed by atoms with Gasteiger partial charge >= 0.3 is 0 Å². The fourth-order valence-corrected chi connectivity index (χ4v) is 1.76. The van der Waals surface area contributed by atoms with E-state index >= 15 is 0 Å². The topological polar surface area (TPSA) is 41.0 Å². The molecule has 0 atom stereocenters. The Morgan fingerprint density at radius 1 is 1.16 bits per heavy atom. The number of fused-ring (bicyclic) bond motifs is 1. The standard InChI is InChI=1S/C14H9F2N3/c15-11-3-1-2-9(14(11)16)7-17-10-4-5-12-13(6-10)19-8-18-12/h1-8H,(H,18,19)/b17-7-. The Bertz CT molecular complexity index is 762. The Balaban J connectivity index is 1.95. The highest BCUT2D eigenvalue weighted by Crippen LogP contribution is 2.18. The summed E-state index contributed by atoms with van der Waals surface area (Å²) in [6.07, 6.45) is 2.89. The van der Waals surface area contributed by atoms with Crippen molar-refractivity contribution in [2.75, 3.05) is 0 Å². The Hall–Kier alpha value is -2.56. The molecule has 1 aromatic heterocycles. The summed E-state index contributed by atoms with van der Waals surface area (Å²) < 4.78 is 26.4. The van der Waals surface area contributed by atoms with Crippen LogP contribution in [0.4, 0.5) is 14.5 Å². The first-order valence-corrected chi connectivity index (χ1v) is 5.65. The van der Waals surface area contributed by atoms with E-state index in [0.717, 1.165) is 17.1 Å². The highest BCUT2D eigenvalue weighted by atomic mass is 19.2. The van der Waals surface area contributed by atoms with Crippen LogP contribution < -0.4 is 0 Å². The van der Waals surface area contributed by atoms with Crippen LogP contribution in [0.1, 0.15) is 5.56 Å². The van der Waals surface area contributed by atoms with E-state index in [9.17, 15) is 8.78 Å². The minimum atomic E-state index is -0.896. The molecule has 3 rings (SSSR count). The molecule has 0 bridgehead atoms. The maximum Gasteiger partial charge on any atom is 0.167 e. The molecule has 0 aliphatic rings. The lowest BCUT2D eigenvalue weighted by atomic mass is 10.2. The number of nitrogens with one attached hydrogen (secondary N) is 1. The highest BCUT2D eigenvalue weighted by molar-refractivity contribution is 5.84. The third-order valence-corrected chi connectivity index (χ3v) is 2.74. The van der Waals surface area contributed by atoms with Crippen LogP contribution in [0.5, 0.6) is 0 Å². The second kappa shape index (κ2) is 4.61. The predicted molar refractivity (Wildman–Crippen MR) is 69.7 cm³/mol. The summed E-state index contributed by atoms with van der Waals surface area (Å²) >= 11 is 0. The van der Waals surface area contributed by atoms with Crippen LogP contribution in [0.2, 0.25) is 0 Å². The number of aliphatic imine (C=N–C) groups is 1. The van der Waals surface area contributed by atoms with Crippen LogP contribution in [0.3, 0.4) is 0 Å². The Morgan fingerprint density at radius 3 is 2.95 bits per heavy atom. The third-order valence-electron chi connectivity index (χ3n) is 2.74. The van der Waals surface area contributed by atoms with Crippen LogP contribution >= 0.6 is 0 Å². The SMILES string of the molecule is Fc1cccc(/C=N\c2ccc3[nH]cnc3c2)c1F. The second-order valence-corrected chi connectivity index (χ2v) is 4.01. The smallest absolute Gasteiger partial charge is 0.167 e. The maximum atomic E-state index is 13.4. The number of rotatable bonds is 2. The number of imidazole rings is 1. The van der Waals surface area contributed by atoms with Gasteiger partial charge in [0, 0.05) is 11.8 Å². The molecule has 0 saturated heterocycles. The monoisotopic (exact) mass is 257 g/mol. The molecule has 0 amide bonds. The fourth-order valence-electron chi connectivity index (χ4n) is 1.76. The molecule has 3 aromatic rings. The fraction of sp³-hybridized carbons (Fsp3) is 0. The Labute approximate surface area is 107 Å². The molecule has 1 heterocycles. The highest BCUT2D eigenvalue weighted by Gasteiger charge is 2.05. The molecular formula is C14H9F2N3. The Kier molecular flexibility index (Phi) is 2.79. The van der Waals surface area contributed by atoms with Crippen molar-refractivity contribution in [3.8, 4) is 0 Å². The first kappa shape index (κ1) is 11.5. The van der Waals surface area contributed by atoms with Gasteiger partial charge in [0.05, 0.1) is 23.0 Å². The first-order valence-electron chi connectivity index (χ1n) is 5.65. The molecule has 0 fully saturated rings. The van der Waals surface area contributed by atoms with Crippen molar-refractivity contribution in [2.24, 2.45) is 4.99 Å². The van der Waals surface area contributed by atoms with Crippen LogP contribution in [-0.4, -0.2) is 16.2 Å². The van der Waals surface area contributed by atoms with Gasteiger partial charge in [0.1, 0.15) is 0 Å². The number of aromatic nitrogens is 2. The zero-order chi connectivity index (χ0) is 13.2. The molecule has 3 nitrogen and oxygen atoms in total. The van der Waals surface area contributed by atoms with Gasteiger partial charge in [0.15, 0.2) is 11.6 Å². The number of aromatic amines is 1. The molecule has 0 aliphatic carbocycles. The molecule has 0 radical (unpaired) electrons. The average Bonchev–Trinajstić information content (AvgIpc) is 2.88. The van der Waals surface area contributed by atoms with E-state index < -0.39 is 11.6 Å². The summed E-state index contributed by atoms with van der Waals surface area (Å²) in [6.45, 7) is 0. The zero-order valence-electron chi connectivity index (χ0n) is 9.77. The van der Waals surface area contributed by atoms with Crippen molar-refractivity contribution >= 4 is 22.9 Å². The number of hydrogen-bond acceptors (Lipinski definition) is 2. The van der Waals surface area contributed by atoms with Gasteiger partial charge in [-0.2, -0.15) is 0 Å². The molecule has 0 spiro atoms. The second-order valence-electron chi connectivity index (χ2n) is 4.01. The first-order chi connectivity index (χ1) is 9.24. The largest absolute Gasteiger partial charge is 0.345 e. The lowest BCUT2D eigenvalue weighted by Crippen LogP contribution is -1.91. The van der Waals surface area contributed by atoms with E-state index in [1.165, 1.54) is 18.3 Å². The van der Waals surface area contributed by atoms with Gasteiger partial charge in [-0.25, -0.2) is 13.8 Å². The van der Waals surface area contributed by atoms with E-state index in [0.29, 0.717) is 5.69 Å². The Morgan fingerprint density at radius 2 is 2.05 bits per heavy atom. The van der Waals surface area contributed by atoms with Gasteiger partial charge in [0.25, 0.3) is 0 Å². The summed E-state index contributed by atoms with van der Waals surface area (Å²) in [4.78, 5) is 11.2. The molecule has 0 saturated carbocycles. The van der Waals surface area contributed by atoms with Crippen molar-refractivity contribution in [1.29, 1.82) is 0 Å². The number of hydrogen-bond donors (Lipinski definition) is 1. The van der Waals surface area contributed by atoms with Crippen molar-refractivity contribution in [3.05, 3.63) is 59.9 Å². The van der Waals surface area contributed by atoms with Crippen molar-refractivity contribution < 1.29 is 8.78 Å². The van der Waals surface area contributed by atoms with E-state index in [-0.39, 0.29) is 5.56 Å². The predicted octanol–water partition coefficient (Wildman–Crippen LogP) is 3.59. The number of nitrogens with zero attached hydrogens (tertiary/aromatic N) is 2. The van der Waals surface area contributed by atoms with E-state index in [1.807, 2.05) is 6.07 Å².